The summed E-state index contributed by atoms with van der Waals surface area (Å²) in [5, 5.41) is 18.9. The molecule has 9 heteroatoms. The molecule has 1 unspecified atom stereocenters. The van der Waals surface area contributed by atoms with Crippen LogP contribution >= 0.6 is 22.9 Å². The SMILES string of the molecule is Cc1cc(N(c2ccc(C(=O)O)c(O)c2)S(=O)[O-])sc1Cl. The van der Waals surface area contributed by atoms with E-state index in [0.29, 0.717) is 9.34 Å². The summed E-state index contributed by atoms with van der Waals surface area (Å²) in [4.78, 5) is 10.8. The molecule has 0 saturated heterocycles. The number of carbonyl (C=O) groups is 1. The summed E-state index contributed by atoms with van der Waals surface area (Å²) in [6.07, 6.45) is 0. The van der Waals surface area contributed by atoms with Crippen molar-refractivity contribution < 1.29 is 23.8 Å². The number of hydrogen-bond acceptors (Lipinski definition) is 5. The largest absolute Gasteiger partial charge is 0.755 e. The average molecular weight is 347 g/mol. The maximum Gasteiger partial charge on any atom is 0.339 e. The Balaban J connectivity index is 2.51. The second kappa shape index (κ2) is 6.02. The zero-order valence-electron chi connectivity index (χ0n) is 10.6. The van der Waals surface area contributed by atoms with Crippen LogP contribution in [-0.2, 0) is 11.3 Å². The molecule has 0 amide bonds. The minimum absolute atomic E-state index is 0.115. The fraction of sp³-hybridized carbons (Fsp3) is 0.0833. The van der Waals surface area contributed by atoms with Crippen LogP contribution < -0.4 is 4.31 Å². The highest BCUT2D eigenvalue weighted by Crippen LogP contribution is 2.39. The Morgan fingerprint density at radius 3 is 2.52 bits per heavy atom. The molecule has 1 heterocycles. The van der Waals surface area contributed by atoms with Gasteiger partial charge in [-0.3, -0.25) is 8.51 Å². The summed E-state index contributed by atoms with van der Waals surface area (Å²) in [5.41, 5.74) is 0.526. The molecule has 1 atom stereocenters. The maximum atomic E-state index is 11.4. The molecule has 1 aromatic heterocycles. The number of carboxylic acid groups (broad SMARTS) is 1. The van der Waals surface area contributed by atoms with E-state index >= 15 is 0 Å². The van der Waals surface area contributed by atoms with Crippen LogP contribution in [0.4, 0.5) is 10.7 Å². The minimum atomic E-state index is -2.65. The molecule has 2 aromatic rings. The zero-order chi connectivity index (χ0) is 15.7. The van der Waals surface area contributed by atoms with Crippen molar-refractivity contribution in [2.45, 2.75) is 6.92 Å². The summed E-state index contributed by atoms with van der Waals surface area (Å²) in [5.74, 6) is -1.82. The molecule has 0 aliphatic rings. The highest BCUT2D eigenvalue weighted by Gasteiger charge is 2.17. The molecule has 1 aromatic carbocycles. The van der Waals surface area contributed by atoms with Crippen LogP contribution in [0.3, 0.4) is 0 Å². The van der Waals surface area contributed by atoms with Crippen LogP contribution in [0.2, 0.25) is 4.34 Å². The molecule has 0 fully saturated rings. The summed E-state index contributed by atoms with van der Waals surface area (Å²) in [7, 11) is 0. The Morgan fingerprint density at radius 2 is 2.10 bits per heavy atom. The third-order valence-corrected chi connectivity index (χ3v) is 5.00. The van der Waals surface area contributed by atoms with Gasteiger partial charge in [-0.1, -0.05) is 11.6 Å². The van der Waals surface area contributed by atoms with E-state index in [1.807, 2.05) is 0 Å². The Morgan fingerprint density at radius 1 is 1.43 bits per heavy atom. The first kappa shape index (κ1) is 15.8. The van der Waals surface area contributed by atoms with E-state index in [1.165, 1.54) is 6.07 Å². The molecule has 0 aliphatic carbocycles. The van der Waals surface area contributed by atoms with Gasteiger partial charge in [-0.15, -0.1) is 11.3 Å². The topological polar surface area (TPSA) is 101 Å². The van der Waals surface area contributed by atoms with Gasteiger partial charge in [0.1, 0.15) is 16.3 Å². The number of carboxylic acids is 1. The van der Waals surface area contributed by atoms with Crippen LogP contribution in [0.25, 0.3) is 0 Å². The third kappa shape index (κ3) is 3.18. The lowest BCUT2D eigenvalue weighted by Gasteiger charge is -2.25. The molecule has 112 valence electrons. The number of anilines is 2. The number of nitrogens with zero attached hydrogens (tertiary/aromatic N) is 1. The molecule has 2 N–H and O–H groups in total. The van der Waals surface area contributed by atoms with Crippen molar-refractivity contribution in [3.05, 3.63) is 39.7 Å². The van der Waals surface area contributed by atoms with Crippen LogP contribution in [0, 0.1) is 6.92 Å². The number of rotatable bonds is 4. The average Bonchev–Trinajstić information content (AvgIpc) is 2.68. The van der Waals surface area contributed by atoms with E-state index in [1.54, 1.807) is 13.0 Å². The molecule has 0 bridgehead atoms. The number of aryl methyl sites for hydroxylation is 1. The van der Waals surface area contributed by atoms with Gasteiger partial charge in [0.2, 0.25) is 0 Å². The molecule has 0 saturated carbocycles. The Bertz CT molecular complexity index is 711. The number of aromatic carboxylic acids is 1. The van der Waals surface area contributed by atoms with Crippen molar-refractivity contribution in [2.75, 3.05) is 4.31 Å². The van der Waals surface area contributed by atoms with Gasteiger partial charge >= 0.3 is 5.97 Å². The number of aromatic hydroxyl groups is 1. The first-order chi connectivity index (χ1) is 9.81. The highest BCUT2D eigenvalue weighted by atomic mass is 35.5. The molecule has 0 aliphatic heterocycles. The number of hydrogen-bond donors (Lipinski definition) is 2. The molecule has 6 nitrogen and oxygen atoms in total. The van der Waals surface area contributed by atoms with E-state index < -0.39 is 23.0 Å². The van der Waals surface area contributed by atoms with Crippen molar-refractivity contribution in [1.82, 2.24) is 0 Å². The van der Waals surface area contributed by atoms with Crippen LogP contribution in [0.1, 0.15) is 15.9 Å². The van der Waals surface area contributed by atoms with Crippen LogP contribution in [0.5, 0.6) is 5.75 Å². The lowest BCUT2D eigenvalue weighted by atomic mass is 10.2. The van der Waals surface area contributed by atoms with Gasteiger partial charge in [0.05, 0.1) is 21.3 Å². The summed E-state index contributed by atoms with van der Waals surface area (Å²) < 4.78 is 24.3. The van der Waals surface area contributed by atoms with Gasteiger partial charge in [-0.25, -0.2) is 4.79 Å². The maximum absolute atomic E-state index is 11.4. The Kier molecular flexibility index (Phi) is 4.52. The first-order valence-corrected chi connectivity index (χ1v) is 7.75. The molecular formula is C12H9ClNO5S2-. The van der Waals surface area contributed by atoms with Crippen molar-refractivity contribution in [1.29, 1.82) is 0 Å². The van der Waals surface area contributed by atoms with Gasteiger partial charge in [0.15, 0.2) is 0 Å². The normalized spacial score (nSPS) is 12.1. The molecule has 2 rings (SSSR count). The molecule has 0 radical (unpaired) electrons. The van der Waals surface area contributed by atoms with Crippen molar-refractivity contribution in [3.8, 4) is 5.75 Å². The Hall–Kier alpha value is -1.61. The van der Waals surface area contributed by atoms with E-state index in [2.05, 4.69) is 0 Å². The smallest absolute Gasteiger partial charge is 0.339 e. The minimum Gasteiger partial charge on any atom is -0.755 e. The number of thiophene rings is 1. The zero-order valence-corrected chi connectivity index (χ0v) is 13.0. The van der Waals surface area contributed by atoms with Crippen LogP contribution in [-0.4, -0.2) is 24.9 Å². The lowest BCUT2D eigenvalue weighted by molar-refractivity contribution is 0.0694. The van der Waals surface area contributed by atoms with Gasteiger partial charge in [0, 0.05) is 6.07 Å². The number of benzene rings is 1. The standard InChI is InChI=1S/C12H10ClNO5S2/c1-6-4-10(20-11(6)13)14(21(18)19)7-2-3-8(12(16)17)9(15)5-7/h2-5,15H,1H3,(H,16,17)(H,18,19)/p-1. The second-order valence-corrected chi connectivity index (χ2v) is 6.49. The monoisotopic (exact) mass is 346 g/mol. The lowest BCUT2D eigenvalue weighted by Crippen LogP contribution is -2.18. The highest BCUT2D eigenvalue weighted by molar-refractivity contribution is 7.81. The van der Waals surface area contributed by atoms with Crippen molar-refractivity contribution in [3.63, 3.8) is 0 Å². The van der Waals surface area contributed by atoms with Gasteiger partial charge in [-0.05, 0) is 30.7 Å². The van der Waals surface area contributed by atoms with Gasteiger partial charge < -0.3 is 14.8 Å². The molecule has 21 heavy (non-hydrogen) atoms. The quantitative estimate of drug-likeness (QED) is 0.828. The summed E-state index contributed by atoms with van der Waals surface area (Å²) in [6, 6.07) is 5.09. The first-order valence-electron chi connectivity index (χ1n) is 5.53. The second-order valence-electron chi connectivity index (χ2n) is 4.06. The molecular weight excluding hydrogens is 338 g/mol. The van der Waals surface area contributed by atoms with Crippen molar-refractivity contribution in [2.24, 2.45) is 0 Å². The van der Waals surface area contributed by atoms with E-state index in [-0.39, 0.29) is 11.3 Å². The van der Waals surface area contributed by atoms with Crippen molar-refractivity contribution >= 4 is 50.9 Å². The fourth-order valence-corrected chi connectivity index (χ4v) is 3.56. The Labute approximate surface area is 131 Å². The number of halogens is 1. The van der Waals surface area contributed by atoms with E-state index in [9.17, 15) is 18.7 Å². The van der Waals surface area contributed by atoms with Gasteiger partial charge in [0.25, 0.3) is 0 Å². The van der Waals surface area contributed by atoms with E-state index in [0.717, 1.165) is 33.3 Å². The summed E-state index contributed by atoms with van der Waals surface area (Å²) >= 11 is 4.34. The third-order valence-electron chi connectivity index (χ3n) is 2.64. The van der Waals surface area contributed by atoms with E-state index in [4.69, 9.17) is 16.7 Å². The molecule has 0 spiro atoms. The number of phenols is 1. The fourth-order valence-electron chi connectivity index (χ4n) is 1.66. The predicted octanol–water partition coefficient (Wildman–Crippen LogP) is 3.05. The van der Waals surface area contributed by atoms with Gasteiger partial charge in [-0.2, -0.15) is 0 Å². The summed E-state index contributed by atoms with van der Waals surface area (Å²) in [6.45, 7) is 1.74. The van der Waals surface area contributed by atoms with Crippen LogP contribution in [0.15, 0.2) is 24.3 Å². The predicted molar refractivity (Wildman–Crippen MR) is 80.2 cm³/mol.